The SMILES string of the molecule is CCC(C)c1ccc(OC(F)F)cc1OC(F)F. The molecular weight excluding hydrogens is 252 g/mol. The van der Waals surface area contributed by atoms with E-state index in [0.717, 1.165) is 6.07 Å². The molecule has 0 saturated carbocycles. The van der Waals surface area contributed by atoms with Gasteiger partial charge in [-0.2, -0.15) is 17.6 Å². The first-order valence-corrected chi connectivity index (χ1v) is 5.47. The number of rotatable bonds is 6. The Balaban J connectivity index is 3.03. The summed E-state index contributed by atoms with van der Waals surface area (Å²) >= 11 is 0. The molecule has 6 heteroatoms. The van der Waals surface area contributed by atoms with E-state index >= 15 is 0 Å². The van der Waals surface area contributed by atoms with E-state index in [4.69, 9.17) is 0 Å². The summed E-state index contributed by atoms with van der Waals surface area (Å²) in [6, 6.07) is 3.83. The lowest BCUT2D eigenvalue weighted by Gasteiger charge is -2.16. The van der Waals surface area contributed by atoms with E-state index in [1.165, 1.54) is 12.1 Å². The molecule has 1 unspecified atom stereocenters. The van der Waals surface area contributed by atoms with Crippen LogP contribution in [0, 0.1) is 0 Å². The Labute approximate surface area is 103 Å². The van der Waals surface area contributed by atoms with Gasteiger partial charge >= 0.3 is 13.2 Å². The Morgan fingerprint density at radius 3 is 2.17 bits per heavy atom. The van der Waals surface area contributed by atoms with E-state index in [2.05, 4.69) is 9.47 Å². The molecule has 0 N–H and O–H groups in total. The second kappa shape index (κ2) is 6.47. The van der Waals surface area contributed by atoms with Gasteiger partial charge in [0.2, 0.25) is 0 Å². The fraction of sp³-hybridized carbons (Fsp3) is 0.500. The lowest BCUT2D eigenvalue weighted by Crippen LogP contribution is -2.07. The lowest BCUT2D eigenvalue weighted by molar-refractivity contribution is -0.0547. The maximum absolute atomic E-state index is 12.3. The highest BCUT2D eigenvalue weighted by atomic mass is 19.3. The smallest absolute Gasteiger partial charge is 0.387 e. The fourth-order valence-electron chi connectivity index (χ4n) is 1.52. The summed E-state index contributed by atoms with van der Waals surface area (Å²) in [6.07, 6.45) is 0.717. The Hall–Kier alpha value is -1.46. The third-order valence-corrected chi connectivity index (χ3v) is 2.57. The maximum Gasteiger partial charge on any atom is 0.387 e. The van der Waals surface area contributed by atoms with Crippen molar-refractivity contribution in [1.82, 2.24) is 0 Å². The van der Waals surface area contributed by atoms with Crippen LogP contribution in [-0.4, -0.2) is 13.2 Å². The van der Waals surface area contributed by atoms with Crippen LogP contribution < -0.4 is 9.47 Å². The lowest BCUT2D eigenvalue weighted by atomic mass is 9.97. The molecule has 0 aliphatic carbocycles. The molecule has 2 nitrogen and oxygen atoms in total. The summed E-state index contributed by atoms with van der Waals surface area (Å²) in [5, 5.41) is 0. The summed E-state index contributed by atoms with van der Waals surface area (Å²) in [6.45, 7) is -2.28. The second-order valence-corrected chi connectivity index (χ2v) is 3.77. The molecule has 0 spiro atoms. The molecule has 1 aromatic carbocycles. The normalized spacial score (nSPS) is 12.9. The van der Waals surface area contributed by atoms with Gasteiger partial charge in [0, 0.05) is 6.07 Å². The van der Waals surface area contributed by atoms with Crippen LogP contribution in [-0.2, 0) is 0 Å². The molecule has 1 atom stereocenters. The van der Waals surface area contributed by atoms with Gasteiger partial charge in [-0.25, -0.2) is 0 Å². The Bertz CT molecular complexity index is 382. The van der Waals surface area contributed by atoms with Crippen molar-refractivity contribution >= 4 is 0 Å². The molecule has 0 saturated heterocycles. The van der Waals surface area contributed by atoms with Crippen LogP contribution in [0.25, 0.3) is 0 Å². The van der Waals surface area contributed by atoms with E-state index in [1.54, 1.807) is 0 Å². The van der Waals surface area contributed by atoms with Crippen molar-refractivity contribution in [3.8, 4) is 11.5 Å². The van der Waals surface area contributed by atoms with Crippen molar-refractivity contribution in [3.63, 3.8) is 0 Å². The topological polar surface area (TPSA) is 18.5 Å². The standard InChI is InChI=1S/C12H14F4O2/c1-3-7(2)9-5-4-8(17-11(13)14)6-10(9)18-12(15)16/h4-7,11-12H,3H2,1-2H3. The van der Waals surface area contributed by atoms with Crippen molar-refractivity contribution in [3.05, 3.63) is 23.8 Å². The van der Waals surface area contributed by atoms with Crippen molar-refractivity contribution in [2.45, 2.75) is 39.4 Å². The Kier molecular flexibility index (Phi) is 5.25. The molecule has 0 aromatic heterocycles. The van der Waals surface area contributed by atoms with Crippen molar-refractivity contribution in [2.75, 3.05) is 0 Å². The average molecular weight is 266 g/mol. The molecule has 18 heavy (non-hydrogen) atoms. The van der Waals surface area contributed by atoms with Gasteiger partial charge in [-0.3, -0.25) is 0 Å². The second-order valence-electron chi connectivity index (χ2n) is 3.77. The highest BCUT2D eigenvalue weighted by molar-refractivity contribution is 5.42. The zero-order valence-corrected chi connectivity index (χ0v) is 10.00. The number of hydrogen-bond acceptors (Lipinski definition) is 2. The molecular formula is C12H14F4O2. The number of ether oxygens (including phenoxy) is 2. The maximum atomic E-state index is 12.3. The van der Waals surface area contributed by atoms with Gasteiger partial charge in [-0.05, 0) is 24.0 Å². The average Bonchev–Trinajstić information content (AvgIpc) is 2.26. The van der Waals surface area contributed by atoms with Crippen molar-refractivity contribution in [1.29, 1.82) is 0 Å². The summed E-state index contributed by atoms with van der Waals surface area (Å²) < 4.78 is 57.0. The monoisotopic (exact) mass is 266 g/mol. The summed E-state index contributed by atoms with van der Waals surface area (Å²) in [5.74, 6) is -0.343. The molecule has 0 aliphatic heterocycles. The Morgan fingerprint density at radius 1 is 1.06 bits per heavy atom. The first kappa shape index (κ1) is 14.6. The molecule has 1 rings (SSSR count). The van der Waals surface area contributed by atoms with Crippen LogP contribution >= 0.6 is 0 Å². The zero-order valence-electron chi connectivity index (χ0n) is 10.00. The molecule has 0 heterocycles. The van der Waals surface area contributed by atoms with E-state index in [0.29, 0.717) is 12.0 Å². The fourth-order valence-corrected chi connectivity index (χ4v) is 1.52. The third-order valence-electron chi connectivity index (χ3n) is 2.57. The van der Waals surface area contributed by atoms with E-state index in [-0.39, 0.29) is 17.4 Å². The quantitative estimate of drug-likeness (QED) is 0.710. The molecule has 1 aromatic rings. The van der Waals surface area contributed by atoms with Gasteiger partial charge in [0.25, 0.3) is 0 Å². The van der Waals surface area contributed by atoms with E-state index in [9.17, 15) is 17.6 Å². The minimum atomic E-state index is -3.00. The van der Waals surface area contributed by atoms with Gasteiger partial charge in [-0.15, -0.1) is 0 Å². The third kappa shape index (κ3) is 4.09. The van der Waals surface area contributed by atoms with E-state index in [1.807, 2.05) is 13.8 Å². The highest BCUT2D eigenvalue weighted by Gasteiger charge is 2.16. The first-order chi connectivity index (χ1) is 8.43. The summed E-state index contributed by atoms with van der Waals surface area (Å²) in [5.41, 5.74) is 0.541. The number of hydrogen-bond donors (Lipinski definition) is 0. The molecule has 0 bridgehead atoms. The van der Waals surface area contributed by atoms with Gasteiger partial charge in [0.15, 0.2) is 0 Å². The van der Waals surface area contributed by atoms with Crippen LogP contribution in [0.3, 0.4) is 0 Å². The minimum absolute atomic E-state index is 0.0145. The zero-order chi connectivity index (χ0) is 13.7. The van der Waals surface area contributed by atoms with Gasteiger partial charge in [-0.1, -0.05) is 19.9 Å². The van der Waals surface area contributed by atoms with Crippen LogP contribution in [0.15, 0.2) is 18.2 Å². The predicted molar refractivity (Wildman–Crippen MR) is 58.4 cm³/mol. The molecule has 0 fully saturated rings. The van der Waals surface area contributed by atoms with Gasteiger partial charge < -0.3 is 9.47 Å². The first-order valence-electron chi connectivity index (χ1n) is 5.47. The molecule has 102 valence electrons. The van der Waals surface area contributed by atoms with Crippen LogP contribution in [0.2, 0.25) is 0 Å². The van der Waals surface area contributed by atoms with E-state index < -0.39 is 13.2 Å². The molecule has 0 aliphatic rings. The molecule has 0 amide bonds. The van der Waals surface area contributed by atoms with Gasteiger partial charge in [0.05, 0.1) is 0 Å². The van der Waals surface area contributed by atoms with Crippen molar-refractivity contribution < 1.29 is 27.0 Å². The summed E-state index contributed by atoms with van der Waals surface area (Å²) in [4.78, 5) is 0. The number of halogens is 4. The van der Waals surface area contributed by atoms with Gasteiger partial charge in [0.1, 0.15) is 11.5 Å². The molecule has 0 radical (unpaired) electrons. The minimum Gasteiger partial charge on any atom is -0.435 e. The predicted octanol–water partition coefficient (Wildman–Crippen LogP) is 4.40. The highest BCUT2D eigenvalue weighted by Crippen LogP contribution is 2.33. The largest absolute Gasteiger partial charge is 0.435 e. The Morgan fingerprint density at radius 2 is 1.67 bits per heavy atom. The van der Waals surface area contributed by atoms with Crippen molar-refractivity contribution in [2.24, 2.45) is 0 Å². The number of alkyl halides is 4. The summed E-state index contributed by atoms with van der Waals surface area (Å²) in [7, 11) is 0. The van der Waals surface area contributed by atoms with Crippen LogP contribution in [0.4, 0.5) is 17.6 Å². The number of benzene rings is 1. The van der Waals surface area contributed by atoms with Crippen LogP contribution in [0.1, 0.15) is 31.7 Å². The van der Waals surface area contributed by atoms with Crippen LogP contribution in [0.5, 0.6) is 11.5 Å².